The van der Waals surface area contributed by atoms with Gasteiger partial charge in [-0.3, -0.25) is 9.69 Å². The van der Waals surface area contributed by atoms with E-state index in [1.54, 1.807) is 11.1 Å². The Morgan fingerprint density at radius 2 is 1.89 bits per heavy atom. The molecule has 2 atom stereocenters. The van der Waals surface area contributed by atoms with E-state index in [2.05, 4.69) is 22.4 Å². The Hall–Kier alpha value is -3.39. The van der Waals surface area contributed by atoms with Gasteiger partial charge in [-0.1, -0.05) is 24.3 Å². The van der Waals surface area contributed by atoms with Crippen LogP contribution >= 0.6 is 0 Å². The number of fused-ring (bicyclic) bond motifs is 2. The van der Waals surface area contributed by atoms with E-state index in [9.17, 15) is 18.0 Å². The number of likely N-dealkylation sites (tertiary alicyclic amines) is 1. The average Bonchev–Trinajstić information content (AvgIpc) is 3.08. The second-order valence-corrected chi connectivity index (χ2v) is 10.7. The van der Waals surface area contributed by atoms with Gasteiger partial charge in [-0.05, 0) is 78.1 Å². The highest BCUT2D eigenvalue weighted by Gasteiger charge is 2.54. The molecule has 0 unspecified atom stereocenters. The number of aryl methyl sites for hydroxylation is 1. The number of hydrogen-bond donors (Lipinski definition) is 2. The maximum atomic E-state index is 13.0. The standard InChI is InChI=1S/C29H29F3N4O/c1-17-10-24-19(7-9-34-27(24)37)11-23(17)25-12-20(13-35-26(25)33)18-2-4-21(5-3-18)28-8-6-22(28)14-36(15-28)16-29(30,31)32/h2-5,10-13,22H,6-9,14-16H2,1H3,(H2,33,35)(H,34,37)/t22-,28+/m1/s1. The highest BCUT2D eigenvalue weighted by Crippen LogP contribution is 2.54. The summed E-state index contributed by atoms with van der Waals surface area (Å²) in [7, 11) is 0. The number of carbonyl (C=O) groups excluding carboxylic acids is 1. The van der Waals surface area contributed by atoms with Crippen LogP contribution in [0.4, 0.5) is 19.0 Å². The van der Waals surface area contributed by atoms with Gasteiger partial charge in [0.2, 0.25) is 0 Å². The molecular weight excluding hydrogens is 477 g/mol. The summed E-state index contributed by atoms with van der Waals surface area (Å²) in [4.78, 5) is 18.3. The first kappa shape index (κ1) is 24.0. The van der Waals surface area contributed by atoms with Crippen molar-refractivity contribution in [3.05, 3.63) is 70.9 Å². The number of pyridine rings is 1. The van der Waals surface area contributed by atoms with Gasteiger partial charge in [-0.15, -0.1) is 0 Å². The van der Waals surface area contributed by atoms with Crippen LogP contribution in [0.1, 0.15) is 39.9 Å². The van der Waals surface area contributed by atoms with E-state index in [1.165, 1.54) is 0 Å². The molecule has 2 aliphatic heterocycles. The van der Waals surface area contributed by atoms with Crippen LogP contribution in [0.3, 0.4) is 0 Å². The summed E-state index contributed by atoms with van der Waals surface area (Å²) in [6.45, 7) is 2.71. The fourth-order valence-electron chi connectivity index (χ4n) is 6.50. The lowest BCUT2D eigenvalue weighted by atomic mass is 9.58. The van der Waals surface area contributed by atoms with Crippen LogP contribution in [0.5, 0.6) is 0 Å². The molecule has 1 aliphatic carbocycles. The predicted molar refractivity (Wildman–Crippen MR) is 137 cm³/mol. The van der Waals surface area contributed by atoms with Gasteiger partial charge in [-0.2, -0.15) is 13.2 Å². The largest absolute Gasteiger partial charge is 0.401 e. The molecule has 2 aromatic carbocycles. The Bertz CT molecular complexity index is 1390. The van der Waals surface area contributed by atoms with Crippen LogP contribution in [0, 0.1) is 12.8 Å². The van der Waals surface area contributed by atoms with E-state index in [0.29, 0.717) is 31.0 Å². The molecule has 0 spiro atoms. The van der Waals surface area contributed by atoms with E-state index < -0.39 is 12.7 Å². The number of alkyl halides is 3. The minimum atomic E-state index is -4.17. The monoisotopic (exact) mass is 506 g/mol. The third-order valence-corrected chi connectivity index (χ3v) is 8.48. The zero-order valence-corrected chi connectivity index (χ0v) is 20.7. The van der Waals surface area contributed by atoms with Crippen LogP contribution in [0.2, 0.25) is 0 Å². The Morgan fingerprint density at radius 1 is 1.11 bits per heavy atom. The van der Waals surface area contributed by atoms with Crippen molar-refractivity contribution in [2.45, 2.75) is 37.8 Å². The number of benzene rings is 2. The van der Waals surface area contributed by atoms with Crippen molar-refractivity contribution < 1.29 is 18.0 Å². The second-order valence-electron chi connectivity index (χ2n) is 10.7. The van der Waals surface area contributed by atoms with Crippen molar-refractivity contribution in [1.82, 2.24) is 15.2 Å². The quantitative estimate of drug-likeness (QED) is 0.516. The molecule has 0 bridgehead atoms. The number of nitrogen functional groups attached to an aromatic ring is 1. The number of nitrogens with two attached hydrogens (primary N) is 1. The van der Waals surface area contributed by atoms with Crippen molar-refractivity contribution in [2.24, 2.45) is 5.92 Å². The molecule has 8 heteroatoms. The van der Waals surface area contributed by atoms with Crippen molar-refractivity contribution in [3.8, 4) is 22.3 Å². The topological polar surface area (TPSA) is 71.2 Å². The van der Waals surface area contributed by atoms with Gasteiger partial charge in [0.25, 0.3) is 5.91 Å². The number of anilines is 1. The van der Waals surface area contributed by atoms with E-state index in [1.807, 2.05) is 37.3 Å². The number of hydrogen-bond acceptors (Lipinski definition) is 4. The Balaban J connectivity index is 1.29. The summed E-state index contributed by atoms with van der Waals surface area (Å²) < 4.78 is 39.0. The first-order valence-corrected chi connectivity index (χ1v) is 12.7. The van der Waals surface area contributed by atoms with Crippen LogP contribution in [-0.4, -0.2) is 48.1 Å². The number of amides is 1. The first-order valence-electron chi connectivity index (χ1n) is 12.7. The van der Waals surface area contributed by atoms with E-state index in [4.69, 9.17) is 5.73 Å². The maximum absolute atomic E-state index is 13.0. The van der Waals surface area contributed by atoms with Gasteiger partial charge in [0, 0.05) is 47.9 Å². The summed E-state index contributed by atoms with van der Waals surface area (Å²) >= 11 is 0. The van der Waals surface area contributed by atoms with Crippen LogP contribution < -0.4 is 11.1 Å². The molecule has 5 nitrogen and oxygen atoms in total. The third-order valence-electron chi connectivity index (χ3n) is 8.48. The summed E-state index contributed by atoms with van der Waals surface area (Å²) in [5, 5.41) is 2.88. The van der Waals surface area contributed by atoms with Crippen molar-refractivity contribution >= 4 is 11.7 Å². The molecule has 3 aromatic rings. The molecule has 1 aromatic heterocycles. The molecule has 3 aliphatic rings. The van der Waals surface area contributed by atoms with Crippen LogP contribution in [0.25, 0.3) is 22.3 Å². The van der Waals surface area contributed by atoms with Gasteiger partial charge < -0.3 is 11.1 Å². The smallest absolute Gasteiger partial charge is 0.383 e. The fourth-order valence-corrected chi connectivity index (χ4v) is 6.50. The molecule has 6 rings (SSSR count). The third kappa shape index (κ3) is 4.17. The van der Waals surface area contributed by atoms with Crippen molar-refractivity contribution in [1.29, 1.82) is 0 Å². The molecule has 1 saturated carbocycles. The van der Waals surface area contributed by atoms with Crippen molar-refractivity contribution in [2.75, 3.05) is 31.9 Å². The number of rotatable bonds is 4. The Kier molecular flexibility index (Phi) is 5.56. The average molecular weight is 507 g/mol. The van der Waals surface area contributed by atoms with Crippen molar-refractivity contribution in [3.63, 3.8) is 0 Å². The number of nitrogens with one attached hydrogen (secondary N) is 1. The van der Waals surface area contributed by atoms with E-state index in [-0.39, 0.29) is 17.2 Å². The molecular formula is C29H29F3N4O. The second kappa shape index (κ2) is 8.58. The molecule has 1 saturated heterocycles. The number of carbonyl (C=O) groups is 1. The van der Waals surface area contributed by atoms with Gasteiger partial charge >= 0.3 is 6.18 Å². The molecule has 3 N–H and O–H groups in total. The number of halogens is 3. The zero-order chi connectivity index (χ0) is 25.9. The maximum Gasteiger partial charge on any atom is 0.401 e. The van der Waals surface area contributed by atoms with E-state index in [0.717, 1.165) is 58.2 Å². The van der Waals surface area contributed by atoms with E-state index >= 15 is 0 Å². The predicted octanol–water partition coefficient (Wildman–Crippen LogP) is 5.12. The number of aromatic nitrogens is 1. The van der Waals surface area contributed by atoms with Crippen LogP contribution in [0.15, 0.2) is 48.7 Å². The van der Waals surface area contributed by atoms with Gasteiger partial charge in [0.1, 0.15) is 5.82 Å². The summed E-state index contributed by atoms with van der Waals surface area (Å²) in [5.41, 5.74) is 13.6. The lowest BCUT2D eigenvalue weighted by Crippen LogP contribution is -2.44. The normalized spacial score (nSPS) is 23.2. The summed E-state index contributed by atoms with van der Waals surface area (Å²) in [6.07, 6.45) is 0.251. The zero-order valence-electron chi connectivity index (χ0n) is 20.7. The lowest BCUT2D eigenvalue weighted by molar-refractivity contribution is -0.143. The Morgan fingerprint density at radius 3 is 2.59 bits per heavy atom. The molecule has 37 heavy (non-hydrogen) atoms. The molecule has 1 amide bonds. The molecule has 2 fully saturated rings. The molecule has 3 heterocycles. The lowest BCUT2D eigenvalue weighted by Gasteiger charge is -2.45. The summed E-state index contributed by atoms with van der Waals surface area (Å²) in [5.74, 6) is 0.656. The highest BCUT2D eigenvalue weighted by atomic mass is 19.4. The first-order chi connectivity index (χ1) is 17.6. The van der Waals surface area contributed by atoms with Crippen LogP contribution in [-0.2, 0) is 11.8 Å². The van der Waals surface area contributed by atoms with Gasteiger partial charge in [-0.25, -0.2) is 4.98 Å². The number of nitrogens with zero attached hydrogens (tertiary/aromatic N) is 2. The SMILES string of the molecule is Cc1cc2c(cc1-c1cc(-c3ccc([C@@]45CC[C@@H]4CN(CC(F)(F)F)C5)cc3)cnc1N)CCNC2=O. The van der Waals surface area contributed by atoms with Gasteiger partial charge in [0.05, 0.1) is 6.54 Å². The minimum absolute atomic E-state index is 0.0483. The molecule has 192 valence electrons. The minimum Gasteiger partial charge on any atom is -0.383 e. The van der Waals surface area contributed by atoms with Gasteiger partial charge in [0.15, 0.2) is 0 Å². The summed E-state index contributed by atoms with van der Waals surface area (Å²) in [6, 6.07) is 14.2. The fraction of sp³-hybridized carbons (Fsp3) is 0.379. The Labute approximate surface area is 213 Å². The molecule has 0 radical (unpaired) electrons. The highest BCUT2D eigenvalue weighted by molar-refractivity contribution is 5.98.